The number of methoxy groups -OCH3 is 1. The van der Waals surface area contributed by atoms with Crippen LogP contribution in [0.15, 0.2) is 42.5 Å². The van der Waals surface area contributed by atoms with E-state index in [-0.39, 0.29) is 5.95 Å². The van der Waals surface area contributed by atoms with Gasteiger partial charge in [-0.2, -0.15) is 15.0 Å². The highest BCUT2D eigenvalue weighted by atomic mass is 16.5. The Morgan fingerprint density at radius 3 is 2.48 bits per heavy atom. The Hall–Kier alpha value is -3.39. The van der Waals surface area contributed by atoms with Crippen LogP contribution in [0, 0.1) is 13.8 Å². The number of nitrogen functional groups attached to an aromatic ring is 1. The minimum Gasteiger partial charge on any atom is -0.495 e. The molecule has 1 aliphatic rings. The highest BCUT2D eigenvalue weighted by Gasteiger charge is 2.20. The number of rotatable bonds is 6. The van der Waals surface area contributed by atoms with Crippen molar-refractivity contribution in [3.05, 3.63) is 59.4 Å². The van der Waals surface area contributed by atoms with E-state index < -0.39 is 0 Å². The number of aromatic nitrogens is 3. The van der Waals surface area contributed by atoms with Crippen molar-refractivity contribution in [2.24, 2.45) is 0 Å². The molecule has 4 rings (SSSR count). The van der Waals surface area contributed by atoms with Crippen LogP contribution in [0.2, 0.25) is 0 Å². The predicted molar refractivity (Wildman–Crippen MR) is 124 cm³/mol. The molecule has 8 heteroatoms. The number of hydrogen-bond donors (Lipinski definition) is 2. The van der Waals surface area contributed by atoms with Crippen LogP contribution in [0.3, 0.4) is 0 Å². The number of ether oxygens (including phenoxy) is 1. The molecular weight excluding hydrogens is 390 g/mol. The molecule has 1 fully saturated rings. The number of aryl methyl sites for hydroxylation is 2. The molecule has 0 saturated carbocycles. The van der Waals surface area contributed by atoms with Gasteiger partial charge in [0.15, 0.2) is 0 Å². The molecule has 1 aliphatic heterocycles. The van der Waals surface area contributed by atoms with Gasteiger partial charge in [0.05, 0.1) is 19.3 Å². The summed E-state index contributed by atoms with van der Waals surface area (Å²) in [6, 6.07) is 14.3. The second-order valence-corrected chi connectivity index (χ2v) is 7.79. The van der Waals surface area contributed by atoms with Gasteiger partial charge < -0.3 is 20.7 Å². The zero-order valence-electron chi connectivity index (χ0n) is 18.3. The summed E-state index contributed by atoms with van der Waals surface area (Å²) in [4.78, 5) is 17.9. The monoisotopic (exact) mass is 419 g/mol. The molecule has 0 aliphatic carbocycles. The molecule has 3 N–H and O–H groups in total. The molecule has 0 bridgehead atoms. The number of nitrogens with one attached hydrogen (secondary N) is 1. The standard InChI is InChI=1S/C23H29N7O/c1-16-8-9-18(14-17(16)2)25-23-27-21(26-22(24)28-23)15-29-10-12-30(13-11-29)19-6-4-5-7-20(19)31-3/h4-9,14H,10-13,15H2,1-3H3,(H3,24,25,26,27,28). The molecule has 3 aromatic rings. The molecule has 8 nitrogen and oxygen atoms in total. The first-order valence-electron chi connectivity index (χ1n) is 10.5. The zero-order chi connectivity index (χ0) is 21.8. The molecule has 0 radical (unpaired) electrons. The Morgan fingerprint density at radius 2 is 1.74 bits per heavy atom. The van der Waals surface area contributed by atoms with Gasteiger partial charge in [-0.1, -0.05) is 18.2 Å². The van der Waals surface area contributed by atoms with E-state index in [1.807, 2.05) is 24.3 Å². The largest absolute Gasteiger partial charge is 0.495 e. The van der Waals surface area contributed by atoms with Crippen LogP contribution in [-0.4, -0.2) is 53.1 Å². The van der Waals surface area contributed by atoms with Crippen LogP contribution < -0.4 is 20.7 Å². The van der Waals surface area contributed by atoms with Gasteiger partial charge in [0.2, 0.25) is 11.9 Å². The topological polar surface area (TPSA) is 92.4 Å². The lowest BCUT2D eigenvalue weighted by molar-refractivity contribution is 0.243. The lowest BCUT2D eigenvalue weighted by atomic mass is 10.1. The third kappa shape index (κ3) is 5.03. The summed E-state index contributed by atoms with van der Waals surface area (Å²) in [5.74, 6) is 2.27. The maximum absolute atomic E-state index is 5.96. The second-order valence-electron chi connectivity index (χ2n) is 7.79. The van der Waals surface area contributed by atoms with Gasteiger partial charge >= 0.3 is 0 Å². The number of para-hydroxylation sites is 2. The highest BCUT2D eigenvalue weighted by Crippen LogP contribution is 2.28. The molecule has 2 aromatic carbocycles. The highest BCUT2D eigenvalue weighted by molar-refractivity contribution is 5.59. The fourth-order valence-corrected chi connectivity index (χ4v) is 3.75. The Bertz CT molecular complexity index is 1050. The van der Waals surface area contributed by atoms with Crippen molar-refractivity contribution < 1.29 is 4.74 Å². The number of piperazine rings is 1. The van der Waals surface area contributed by atoms with Crippen molar-refractivity contribution in [2.75, 3.05) is 49.2 Å². The Kier molecular flexibility index (Phi) is 6.18. The minimum absolute atomic E-state index is 0.226. The molecular formula is C23H29N7O. The van der Waals surface area contributed by atoms with Gasteiger partial charge in [0.25, 0.3) is 0 Å². The second kappa shape index (κ2) is 9.18. The van der Waals surface area contributed by atoms with E-state index in [0.29, 0.717) is 18.3 Å². The maximum Gasteiger partial charge on any atom is 0.232 e. The molecule has 1 aromatic heterocycles. The summed E-state index contributed by atoms with van der Waals surface area (Å²) in [5, 5.41) is 3.25. The third-order valence-electron chi connectivity index (χ3n) is 5.63. The van der Waals surface area contributed by atoms with Crippen LogP contribution >= 0.6 is 0 Å². The van der Waals surface area contributed by atoms with Gasteiger partial charge in [-0.3, -0.25) is 4.90 Å². The number of nitrogens with two attached hydrogens (primary N) is 1. The smallest absolute Gasteiger partial charge is 0.232 e. The fourth-order valence-electron chi connectivity index (χ4n) is 3.75. The van der Waals surface area contributed by atoms with E-state index in [2.05, 4.69) is 62.1 Å². The van der Waals surface area contributed by atoms with E-state index in [9.17, 15) is 0 Å². The number of benzene rings is 2. The van der Waals surface area contributed by atoms with Crippen molar-refractivity contribution in [1.29, 1.82) is 0 Å². The number of hydrogen-bond acceptors (Lipinski definition) is 8. The van der Waals surface area contributed by atoms with Crippen molar-refractivity contribution in [1.82, 2.24) is 19.9 Å². The first kappa shape index (κ1) is 20.9. The number of nitrogens with zero attached hydrogens (tertiary/aromatic N) is 5. The molecule has 0 amide bonds. The minimum atomic E-state index is 0.226. The van der Waals surface area contributed by atoms with Gasteiger partial charge in [-0.15, -0.1) is 0 Å². The lowest BCUT2D eigenvalue weighted by Gasteiger charge is -2.36. The quantitative estimate of drug-likeness (QED) is 0.630. The molecule has 2 heterocycles. The first-order chi connectivity index (χ1) is 15.0. The van der Waals surface area contributed by atoms with Crippen molar-refractivity contribution in [3.8, 4) is 5.75 Å². The first-order valence-corrected chi connectivity index (χ1v) is 10.5. The van der Waals surface area contributed by atoms with Crippen molar-refractivity contribution >= 4 is 23.3 Å². The third-order valence-corrected chi connectivity index (χ3v) is 5.63. The lowest BCUT2D eigenvalue weighted by Crippen LogP contribution is -2.46. The zero-order valence-corrected chi connectivity index (χ0v) is 18.3. The van der Waals surface area contributed by atoms with E-state index in [0.717, 1.165) is 43.3 Å². The van der Waals surface area contributed by atoms with Crippen LogP contribution in [0.5, 0.6) is 5.75 Å². The van der Waals surface area contributed by atoms with E-state index in [1.165, 1.54) is 11.1 Å². The Labute approximate surface area is 183 Å². The normalized spacial score (nSPS) is 14.5. The van der Waals surface area contributed by atoms with Gasteiger partial charge in [0.1, 0.15) is 11.6 Å². The molecule has 162 valence electrons. The Balaban J connectivity index is 1.40. The summed E-state index contributed by atoms with van der Waals surface area (Å²) in [6.45, 7) is 8.44. The number of anilines is 4. The van der Waals surface area contributed by atoms with Gasteiger partial charge in [0, 0.05) is 31.9 Å². The fraction of sp³-hybridized carbons (Fsp3) is 0.348. The summed E-state index contributed by atoms with van der Waals surface area (Å²) < 4.78 is 5.51. The van der Waals surface area contributed by atoms with Crippen LogP contribution in [0.1, 0.15) is 17.0 Å². The summed E-state index contributed by atoms with van der Waals surface area (Å²) in [6.07, 6.45) is 0. The molecule has 0 atom stereocenters. The molecule has 0 spiro atoms. The SMILES string of the molecule is COc1ccccc1N1CCN(Cc2nc(N)nc(Nc3ccc(C)c(C)c3)n2)CC1. The summed E-state index contributed by atoms with van der Waals surface area (Å²) in [5.41, 5.74) is 10.5. The summed E-state index contributed by atoms with van der Waals surface area (Å²) in [7, 11) is 1.71. The average Bonchev–Trinajstić information content (AvgIpc) is 2.76. The maximum atomic E-state index is 5.96. The van der Waals surface area contributed by atoms with E-state index in [1.54, 1.807) is 7.11 Å². The van der Waals surface area contributed by atoms with Gasteiger partial charge in [-0.05, 0) is 49.2 Å². The Morgan fingerprint density at radius 1 is 0.968 bits per heavy atom. The predicted octanol–water partition coefficient (Wildman–Crippen LogP) is 3.15. The van der Waals surface area contributed by atoms with E-state index in [4.69, 9.17) is 10.5 Å². The molecule has 0 unspecified atom stereocenters. The summed E-state index contributed by atoms with van der Waals surface area (Å²) >= 11 is 0. The molecule has 1 saturated heterocycles. The van der Waals surface area contributed by atoms with Crippen molar-refractivity contribution in [3.63, 3.8) is 0 Å². The van der Waals surface area contributed by atoms with Crippen LogP contribution in [-0.2, 0) is 6.54 Å². The van der Waals surface area contributed by atoms with Crippen LogP contribution in [0.4, 0.5) is 23.3 Å². The van der Waals surface area contributed by atoms with Gasteiger partial charge in [-0.25, -0.2) is 0 Å². The average molecular weight is 420 g/mol. The van der Waals surface area contributed by atoms with Crippen LogP contribution in [0.25, 0.3) is 0 Å². The molecule has 31 heavy (non-hydrogen) atoms. The van der Waals surface area contributed by atoms with Crippen molar-refractivity contribution in [2.45, 2.75) is 20.4 Å². The van der Waals surface area contributed by atoms with E-state index >= 15 is 0 Å².